The molecule has 156 valence electrons. The molecule has 1 heterocycles. The van der Waals surface area contributed by atoms with Crippen molar-refractivity contribution in [1.29, 1.82) is 0 Å². The van der Waals surface area contributed by atoms with Gasteiger partial charge >= 0.3 is 0 Å². The SMILES string of the molecule is Cc1cc(C)c2oc(-c3ccc(C)c(N=Cc4cc([N+](=O)[O-])cc(C)c4O)c3)nc2c1. The molecule has 0 amide bonds. The molecule has 0 atom stereocenters. The molecule has 0 unspecified atom stereocenters. The topological polar surface area (TPSA) is 102 Å². The second-order valence-electron chi connectivity index (χ2n) is 7.67. The molecular weight excluding hydrogens is 394 g/mol. The van der Waals surface area contributed by atoms with Gasteiger partial charge in [0.25, 0.3) is 5.69 Å². The van der Waals surface area contributed by atoms with E-state index in [-0.39, 0.29) is 17.0 Å². The monoisotopic (exact) mass is 415 g/mol. The largest absolute Gasteiger partial charge is 0.507 e. The van der Waals surface area contributed by atoms with Crippen molar-refractivity contribution in [3.8, 4) is 17.2 Å². The van der Waals surface area contributed by atoms with Crippen LogP contribution in [-0.4, -0.2) is 21.2 Å². The molecule has 0 aliphatic rings. The van der Waals surface area contributed by atoms with Crippen molar-refractivity contribution in [3.63, 3.8) is 0 Å². The van der Waals surface area contributed by atoms with E-state index in [1.807, 2.05) is 45.0 Å². The van der Waals surface area contributed by atoms with Gasteiger partial charge in [-0.25, -0.2) is 4.98 Å². The van der Waals surface area contributed by atoms with Crippen molar-refractivity contribution in [3.05, 3.63) is 80.4 Å². The Morgan fingerprint density at radius 3 is 2.55 bits per heavy atom. The summed E-state index contributed by atoms with van der Waals surface area (Å²) in [5.41, 5.74) is 6.62. The number of hydrogen-bond acceptors (Lipinski definition) is 6. The third kappa shape index (κ3) is 3.90. The van der Waals surface area contributed by atoms with Crippen LogP contribution in [0.4, 0.5) is 11.4 Å². The quantitative estimate of drug-likeness (QED) is 0.247. The Labute approximate surface area is 178 Å². The van der Waals surface area contributed by atoms with Gasteiger partial charge in [0.15, 0.2) is 5.58 Å². The number of nitrogens with zero attached hydrogens (tertiary/aromatic N) is 3. The van der Waals surface area contributed by atoms with Gasteiger partial charge in [0, 0.05) is 29.5 Å². The summed E-state index contributed by atoms with van der Waals surface area (Å²) in [5, 5.41) is 21.4. The molecule has 4 aromatic rings. The molecule has 0 bridgehead atoms. The number of non-ortho nitro benzene ring substituents is 1. The number of hydrogen-bond donors (Lipinski definition) is 1. The molecule has 3 aromatic carbocycles. The van der Waals surface area contributed by atoms with Crippen LogP contribution in [0.1, 0.15) is 27.8 Å². The zero-order chi connectivity index (χ0) is 22.3. The first kappa shape index (κ1) is 20.3. The number of benzene rings is 3. The summed E-state index contributed by atoms with van der Waals surface area (Å²) in [6, 6.07) is 12.3. The lowest BCUT2D eigenvalue weighted by Gasteiger charge is -2.05. The zero-order valence-corrected chi connectivity index (χ0v) is 17.6. The molecule has 0 aliphatic heterocycles. The Balaban J connectivity index is 1.74. The maximum atomic E-state index is 11.1. The molecule has 31 heavy (non-hydrogen) atoms. The molecule has 0 aliphatic carbocycles. The van der Waals surface area contributed by atoms with Gasteiger partial charge in [0.05, 0.1) is 10.6 Å². The number of fused-ring (bicyclic) bond motifs is 1. The fraction of sp³-hybridized carbons (Fsp3) is 0.167. The summed E-state index contributed by atoms with van der Waals surface area (Å²) in [6.07, 6.45) is 1.43. The lowest BCUT2D eigenvalue weighted by atomic mass is 10.1. The van der Waals surface area contributed by atoms with Crippen LogP contribution >= 0.6 is 0 Å². The number of aliphatic imine (C=N–C) groups is 1. The van der Waals surface area contributed by atoms with Crippen LogP contribution in [-0.2, 0) is 0 Å². The van der Waals surface area contributed by atoms with Crippen molar-refractivity contribution in [2.75, 3.05) is 0 Å². The van der Waals surface area contributed by atoms with Crippen molar-refractivity contribution >= 4 is 28.7 Å². The first-order valence-electron chi connectivity index (χ1n) is 9.74. The Kier molecular flexibility index (Phi) is 5.02. The molecule has 0 saturated heterocycles. The number of aromatic nitrogens is 1. The predicted molar refractivity (Wildman–Crippen MR) is 120 cm³/mol. The highest BCUT2D eigenvalue weighted by Gasteiger charge is 2.14. The van der Waals surface area contributed by atoms with Gasteiger partial charge in [-0.2, -0.15) is 0 Å². The number of rotatable bonds is 4. The van der Waals surface area contributed by atoms with E-state index < -0.39 is 4.92 Å². The molecule has 1 aromatic heterocycles. The highest BCUT2D eigenvalue weighted by atomic mass is 16.6. The van der Waals surface area contributed by atoms with Crippen molar-refractivity contribution in [1.82, 2.24) is 4.98 Å². The molecule has 7 heteroatoms. The summed E-state index contributed by atoms with van der Waals surface area (Å²) >= 11 is 0. The van der Waals surface area contributed by atoms with Crippen LogP contribution in [0.25, 0.3) is 22.6 Å². The number of phenols is 1. The van der Waals surface area contributed by atoms with Crippen LogP contribution < -0.4 is 0 Å². The van der Waals surface area contributed by atoms with E-state index in [4.69, 9.17) is 4.42 Å². The average molecular weight is 415 g/mol. The average Bonchev–Trinajstić information content (AvgIpc) is 3.14. The minimum Gasteiger partial charge on any atom is -0.507 e. The molecule has 0 spiro atoms. The van der Waals surface area contributed by atoms with E-state index in [1.54, 1.807) is 6.92 Å². The lowest BCUT2D eigenvalue weighted by molar-refractivity contribution is -0.384. The Morgan fingerprint density at radius 2 is 1.81 bits per heavy atom. The van der Waals surface area contributed by atoms with E-state index in [2.05, 4.69) is 16.0 Å². The molecule has 0 saturated carbocycles. The van der Waals surface area contributed by atoms with Gasteiger partial charge in [-0.1, -0.05) is 12.1 Å². The standard InChI is InChI=1S/C24H21N3O4/c1-13-7-16(4)23-21(8-13)26-24(31-23)17-6-5-14(2)20(11-17)25-12-18-10-19(27(29)30)9-15(3)22(18)28/h5-12,28H,1-4H3. The Bertz CT molecular complexity index is 1370. The van der Waals surface area contributed by atoms with Gasteiger partial charge in [-0.3, -0.25) is 15.1 Å². The fourth-order valence-electron chi connectivity index (χ4n) is 3.51. The van der Waals surface area contributed by atoms with Crippen LogP contribution in [0.15, 0.2) is 51.9 Å². The third-order valence-electron chi connectivity index (χ3n) is 5.14. The number of phenolic OH excluding ortho intramolecular Hbond substituents is 1. The second-order valence-corrected chi connectivity index (χ2v) is 7.67. The second kappa shape index (κ2) is 7.68. The molecule has 0 fully saturated rings. The smallest absolute Gasteiger partial charge is 0.270 e. The summed E-state index contributed by atoms with van der Waals surface area (Å²) < 4.78 is 6.00. The number of nitro benzene ring substituents is 1. The Morgan fingerprint density at radius 1 is 1.03 bits per heavy atom. The van der Waals surface area contributed by atoms with E-state index in [9.17, 15) is 15.2 Å². The minimum absolute atomic E-state index is 0.0343. The van der Waals surface area contributed by atoms with Crippen molar-refractivity contribution in [2.45, 2.75) is 27.7 Å². The summed E-state index contributed by atoms with van der Waals surface area (Å²) in [5.74, 6) is 0.460. The summed E-state index contributed by atoms with van der Waals surface area (Å²) in [6.45, 7) is 7.53. The predicted octanol–water partition coefficient (Wildman–Crippen LogP) is 6.09. The number of aryl methyl sites for hydroxylation is 4. The first-order valence-corrected chi connectivity index (χ1v) is 9.74. The fourth-order valence-corrected chi connectivity index (χ4v) is 3.51. The lowest BCUT2D eigenvalue weighted by Crippen LogP contribution is -1.93. The molecule has 7 nitrogen and oxygen atoms in total. The summed E-state index contributed by atoms with van der Waals surface area (Å²) in [7, 11) is 0. The first-order chi connectivity index (χ1) is 14.7. The van der Waals surface area contributed by atoms with Gasteiger partial charge in [0.1, 0.15) is 11.3 Å². The van der Waals surface area contributed by atoms with Gasteiger partial charge < -0.3 is 9.52 Å². The maximum absolute atomic E-state index is 11.1. The molecular formula is C24H21N3O4. The van der Waals surface area contributed by atoms with Crippen LogP contribution in [0.5, 0.6) is 5.75 Å². The van der Waals surface area contributed by atoms with Crippen LogP contribution in [0.2, 0.25) is 0 Å². The van der Waals surface area contributed by atoms with Crippen molar-refractivity contribution < 1.29 is 14.4 Å². The van der Waals surface area contributed by atoms with Gasteiger partial charge in [-0.05, 0) is 68.1 Å². The van der Waals surface area contributed by atoms with E-state index in [1.165, 1.54) is 18.3 Å². The van der Waals surface area contributed by atoms with Crippen molar-refractivity contribution in [2.24, 2.45) is 4.99 Å². The van der Waals surface area contributed by atoms with Crippen LogP contribution in [0.3, 0.4) is 0 Å². The Hall–Kier alpha value is -4.00. The molecule has 0 radical (unpaired) electrons. The number of nitro groups is 1. The van der Waals surface area contributed by atoms with Gasteiger partial charge in [0.2, 0.25) is 5.89 Å². The molecule has 1 N–H and O–H groups in total. The zero-order valence-electron chi connectivity index (χ0n) is 17.6. The van der Waals surface area contributed by atoms with Crippen LogP contribution in [0, 0.1) is 37.8 Å². The summed E-state index contributed by atoms with van der Waals surface area (Å²) in [4.78, 5) is 19.7. The molecule has 4 rings (SSSR count). The van der Waals surface area contributed by atoms with Gasteiger partial charge in [-0.15, -0.1) is 0 Å². The normalized spacial score (nSPS) is 11.5. The van der Waals surface area contributed by atoms with E-state index >= 15 is 0 Å². The highest BCUT2D eigenvalue weighted by molar-refractivity contribution is 5.88. The number of aromatic hydroxyl groups is 1. The maximum Gasteiger partial charge on any atom is 0.270 e. The third-order valence-corrected chi connectivity index (χ3v) is 5.14. The van der Waals surface area contributed by atoms with E-state index in [0.29, 0.717) is 17.1 Å². The highest BCUT2D eigenvalue weighted by Crippen LogP contribution is 2.32. The number of oxazole rings is 1. The van der Waals surface area contributed by atoms with E-state index in [0.717, 1.165) is 33.4 Å². The minimum atomic E-state index is -0.493.